The van der Waals surface area contributed by atoms with Gasteiger partial charge in [0.1, 0.15) is 6.61 Å². The zero-order valence-electron chi connectivity index (χ0n) is 16.9. The van der Waals surface area contributed by atoms with E-state index in [0.717, 1.165) is 5.56 Å². The topological polar surface area (TPSA) is 114 Å². The van der Waals surface area contributed by atoms with Gasteiger partial charge in [-0.1, -0.05) is 29.8 Å². The van der Waals surface area contributed by atoms with Crippen molar-refractivity contribution in [1.82, 2.24) is 10.2 Å². The number of carbonyl (C=O) groups is 3. The van der Waals surface area contributed by atoms with E-state index in [1.807, 2.05) is 29.6 Å². The SMILES string of the molecule is NCC(=O)N1CCC(COC(=O)Nc2cccs2)(C(=O)NCc2ccccc2Cl)CC1. The van der Waals surface area contributed by atoms with Gasteiger partial charge >= 0.3 is 6.09 Å². The van der Waals surface area contributed by atoms with Gasteiger partial charge < -0.3 is 20.7 Å². The summed E-state index contributed by atoms with van der Waals surface area (Å²) in [4.78, 5) is 39.0. The highest BCUT2D eigenvalue weighted by Crippen LogP contribution is 2.33. The molecule has 0 spiro atoms. The van der Waals surface area contributed by atoms with Crippen molar-refractivity contribution in [3.05, 3.63) is 52.4 Å². The number of thiophene rings is 1. The van der Waals surface area contributed by atoms with Gasteiger partial charge in [-0.25, -0.2) is 4.79 Å². The minimum absolute atomic E-state index is 0.0780. The number of hydrogen-bond acceptors (Lipinski definition) is 6. The fourth-order valence-corrected chi connectivity index (χ4v) is 4.25. The van der Waals surface area contributed by atoms with Gasteiger partial charge in [-0.15, -0.1) is 11.3 Å². The van der Waals surface area contributed by atoms with Crippen molar-refractivity contribution >= 4 is 45.8 Å². The fraction of sp³-hybridized carbons (Fsp3) is 0.381. The first kappa shape index (κ1) is 23.1. The number of nitrogens with zero attached hydrogens (tertiary/aromatic N) is 1. The molecule has 0 aliphatic carbocycles. The first-order valence-corrected chi connectivity index (χ1v) is 11.2. The molecule has 1 fully saturated rings. The highest BCUT2D eigenvalue weighted by molar-refractivity contribution is 7.14. The summed E-state index contributed by atoms with van der Waals surface area (Å²) in [6.07, 6.45) is 0.0971. The van der Waals surface area contributed by atoms with E-state index < -0.39 is 11.5 Å². The van der Waals surface area contributed by atoms with E-state index >= 15 is 0 Å². The zero-order valence-corrected chi connectivity index (χ0v) is 18.5. The van der Waals surface area contributed by atoms with Crippen LogP contribution in [0.3, 0.4) is 0 Å². The number of rotatable bonds is 7. The molecule has 1 aromatic carbocycles. The first-order chi connectivity index (χ1) is 14.9. The fourth-order valence-electron chi connectivity index (χ4n) is 3.45. The van der Waals surface area contributed by atoms with Crippen LogP contribution in [0.4, 0.5) is 9.80 Å². The number of nitrogens with one attached hydrogen (secondary N) is 2. The maximum atomic E-state index is 13.2. The molecule has 0 bridgehead atoms. The Morgan fingerprint density at radius 2 is 1.90 bits per heavy atom. The van der Waals surface area contributed by atoms with Crippen LogP contribution in [0.15, 0.2) is 41.8 Å². The summed E-state index contributed by atoms with van der Waals surface area (Å²) in [5.41, 5.74) is 5.31. The molecule has 10 heteroatoms. The van der Waals surface area contributed by atoms with Gasteiger partial charge in [-0.2, -0.15) is 0 Å². The third-order valence-corrected chi connectivity index (χ3v) is 6.51. The number of piperidine rings is 1. The summed E-state index contributed by atoms with van der Waals surface area (Å²) in [6.45, 7) is 0.818. The summed E-state index contributed by atoms with van der Waals surface area (Å²) >= 11 is 7.56. The average Bonchev–Trinajstić information content (AvgIpc) is 3.29. The van der Waals surface area contributed by atoms with Gasteiger partial charge in [0.05, 0.1) is 17.0 Å². The second-order valence-corrected chi connectivity index (χ2v) is 8.67. The van der Waals surface area contributed by atoms with Crippen molar-refractivity contribution in [2.24, 2.45) is 11.1 Å². The van der Waals surface area contributed by atoms with Gasteiger partial charge in [0.15, 0.2) is 0 Å². The predicted molar refractivity (Wildman–Crippen MR) is 120 cm³/mol. The Labute approximate surface area is 189 Å². The van der Waals surface area contributed by atoms with E-state index in [4.69, 9.17) is 22.1 Å². The summed E-state index contributed by atoms with van der Waals surface area (Å²) in [7, 11) is 0. The van der Waals surface area contributed by atoms with Crippen LogP contribution < -0.4 is 16.4 Å². The molecule has 1 aliphatic rings. The molecule has 8 nitrogen and oxygen atoms in total. The summed E-state index contributed by atoms with van der Waals surface area (Å²) in [5.74, 6) is -0.405. The molecule has 1 aliphatic heterocycles. The molecule has 2 aromatic rings. The van der Waals surface area contributed by atoms with Gasteiger partial charge in [0.2, 0.25) is 11.8 Å². The van der Waals surface area contributed by atoms with Gasteiger partial charge in [-0.3, -0.25) is 14.9 Å². The third-order valence-electron chi connectivity index (χ3n) is 5.35. The normalized spacial score (nSPS) is 15.2. The number of hydrogen-bond donors (Lipinski definition) is 3. The Bertz CT molecular complexity index is 914. The Hall–Kier alpha value is -2.62. The third kappa shape index (κ3) is 5.96. The number of nitrogens with two attached hydrogens (primary N) is 1. The number of amides is 3. The lowest BCUT2D eigenvalue weighted by molar-refractivity contribution is -0.142. The van der Waals surface area contributed by atoms with E-state index in [9.17, 15) is 14.4 Å². The molecular weight excluding hydrogens is 440 g/mol. The van der Waals surface area contributed by atoms with Crippen LogP contribution in [0.2, 0.25) is 5.02 Å². The molecule has 3 rings (SSSR count). The summed E-state index contributed by atoms with van der Waals surface area (Å²) < 4.78 is 5.42. The Balaban J connectivity index is 1.66. The van der Waals surface area contributed by atoms with Gasteiger partial charge in [0.25, 0.3) is 0 Å². The van der Waals surface area contributed by atoms with Crippen LogP contribution in [0.25, 0.3) is 0 Å². The maximum Gasteiger partial charge on any atom is 0.412 e. The van der Waals surface area contributed by atoms with E-state index in [-0.39, 0.29) is 31.5 Å². The molecule has 0 atom stereocenters. The largest absolute Gasteiger partial charge is 0.448 e. The Kier molecular flexibility index (Phi) is 7.89. The molecule has 3 amide bonds. The number of anilines is 1. The lowest BCUT2D eigenvalue weighted by Crippen LogP contribution is -2.53. The van der Waals surface area contributed by atoms with Crippen LogP contribution >= 0.6 is 22.9 Å². The zero-order chi connectivity index (χ0) is 22.3. The van der Waals surface area contributed by atoms with Gasteiger partial charge in [0, 0.05) is 24.7 Å². The average molecular weight is 465 g/mol. The van der Waals surface area contributed by atoms with Crippen molar-refractivity contribution in [3.63, 3.8) is 0 Å². The minimum atomic E-state index is -0.945. The highest BCUT2D eigenvalue weighted by Gasteiger charge is 2.43. The number of carbonyl (C=O) groups excluding carboxylic acids is 3. The summed E-state index contributed by atoms with van der Waals surface area (Å²) in [6, 6.07) is 10.8. The maximum absolute atomic E-state index is 13.2. The van der Waals surface area contributed by atoms with Crippen LogP contribution in [0.1, 0.15) is 18.4 Å². The van der Waals surface area contributed by atoms with Crippen LogP contribution in [-0.4, -0.2) is 49.0 Å². The number of ether oxygens (including phenoxy) is 1. The molecule has 2 heterocycles. The van der Waals surface area contributed by atoms with Crippen LogP contribution in [-0.2, 0) is 20.9 Å². The van der Waals surface area contributed by atoms with E-state index in [0.29, 0.717) is 36.0 Å². The molecule has 0 unspecified atom stereocenters. The van der Waals surface area contributed by atoms with Crippen molar-refractivity contribution in [2.75, 3.05) is 31.6 Å². The quantitative estimate of drug-likeness (QED) is 0.583. The molecule has 31 heavy (non-hydrogen) atoms. The number of halogens is 1. The van der Waals surface area contributed by atoms with E-state index in [2.05, 4.69) is 10.6 Å². The number of likely N-dealkylation sites (tertiary alicyclic amines) is 1. The molecule has 166 valence electrons. The van der Waals surface area contributed by atoms with Crippen molar-refractivity contribution in [1.29, 1.82) is 0 Å². The summed E-state index contributed by atoms with van der Waals surface area (Å²) in [5, 5.41) is 8.62. The molecule has 4 N–H and O–H groups in total. The van der Waals surface area contributed by atoms with E-state index in [1.54, 1.807) is 17.0 Å². The van der Waals surface area contributed by atoms with Crippen LogP contribution in [0, 0.1) is 5.41 Å². The van der Waals surface area contributed by atoms with Crippen molar-refractivity contribution in [2.45, 2.75) is 19.4 Å². The molecular formula is C21H25ClN4O4S. The molecule has 0 saturated carbocycles. The highest BCUT2D eigenvalue weighted by atomic mass is 35.5. The first-order valence-electron chi connectivity index (χ1n) is 9.90. The second kappa shape index (κ2) is 10.6. The lowest BCUT2D eigenvalue weighted by Gasteiger charge is -2.40. The smallest absolute Gasteiger partial charge is 0.412 e. The Morgan fingerprint density at radius 1 is 1.16 bits per heavy atom. The Morgan fingerprint density at radius 3 is 2.55 bits per heavy atom. The lowest BCUT2D eigenvalue weighted by atomic mass is 9.78. The monoisotopic (exact) mass is 464 g/mol. The molecule has 0 radical (unpaired) electrons. The molecule has 1 aromatic heterocycles. The van der Waals surface area contributed by atoms with Gasteiger partial charge in [-0.05, 0) is 42.0 Å². The minimum Gasteiger partial charge on any atom is -0.448 e. The van der Waals surface area contributed by atoms with Crippen molar-refractivity contribution < 1.29 is 19.1 Å². The van der Waals surface area contributed by atoms with E-state index in [1.165, 1.54) is 11.3 Å². The number of benzene rings is 1. The van der Waals surface area contributed by atoms with Crippen molar-refractivity contribution in [3.8, 4) is 0 Å². The second-order valence-electron chi connectivity index (χ2n) is 7.32. The van der Waals surface area contributed by atoms with Crippen LogP contribution in [0.5, 0.6) is 0 Å². The predicted octanol–water partition coefficient (Wildman–Crippen LogP) is 2.83. The molecule has 1 saturated heterocycles. The standard InChI is InChI=1S/C21H25ClN4O4S/c22-16-5-2-1-4-15(16)13-24-19(28)21(7-9-26(10-8-21)18(27)12-23)14-30-20(29)25-17-6-3-11-31-17/h1-6,11H,7-10,12-14,23H2,(H,24,28)(H,25,29).